The van der Waals surface area contributed by atoms with Crippen molar-refractivity contribution in [2.24, 2.45) is 0 Å². The van der Waals surface area contributed by atoms with E-state index in [2.05, 4.69) is 13.8 Å². The second-order valence-electron chi connectivity index (χ2n) is 12.3. The molecule has 0 radical (unpaired) electrons. The number of unbranched alkanes of at least 4 members (excludes halogenated alkanes) is 18. The van der Waals surface area contributed by atoms with Crippen LogP contribution in [-0.2, 0) is 19.3 Å². The van der Waals surface area contributed by atoms with Gasteiger partial charge in [0, 0.05) is 26.4 Å². The summed E-state index contributed by atoms with van der Waals surface area (Å²) in [5, 5.41) is 38.0. The van der Waals surface area contributed by atoms with Gasteiger partial charge in [0.2, 0.25) is 0 Å². The minimum Gasteiger partial charge on any atom is -0.396 e. The van der Waals surface area contributed by atoms with Crippen molar-refractivity contribution < 1.29 is 38.3 Å². The average molecular weight is 639 g/mol. The zero-order valence-electron chi connectivity index (χ0n) is 27.9. The Balaban J connectivity index is 4.42. The van der Waals surface area contributed by atoms with Gasteiger partial charge >= 0.3 is 0 Å². The Hall–Kier alpha value is -0.290. The fraction of sp³-hybridized carbons (Fsp3) is 1.00. The van der Waals surface area contributed by atoms with Crippen molar-refractivity contribution in [2.75, 3.05) is 39.6 Å². The van der Waals surface area contributed by atoms with Gasteiger partial charge in [-0.15, -0.1) is 0 Å². The molecule has 0 amide bonds. The smallest absolute Gasteiger partial charge is 0.161 e. The molecule has 9 heteroatoms. The summed E-state index contributed by atoms with van der Waals surface area (Å²) in [6.07, 6.45) is 21.0. The Labute approximate surface area is 265 Å². The van der Waals surface area contributed by atoms with Crippen LogP contribution in [0, 0.1) is 0 Å². The molecule has 4 atom stereocenters. The highest BCUT2D eigenvalue weighted by molar-refractivity contribution is 7.92. The van der Waals surface area contributed by atoms with Gasteiger partial charge in [-0.3, -0.25) is 0 Å². The van der Waals surface area contributed by atoms with Gasteiger partial charge < -0.3 is 29.9 Å². The Morgan fingerprint density at radius 2 is 0.767 bits per heavy atom. The zero-order valence-corrected chi connectivity index (χ0v) is 28.8. The number of aliphatic hydroxyl groups is 4. The summed E-state index contributed by atoms with van der Waals surface area (Å²) >= 11 is 0. The second-order valence-corrected chi connectivity index (χ2v) is 14.7. The first-order valence-corrected chi connectivity index (χ1v) is 19.4. The summed E-state index contributed by atoms with van der Waals surface area (Å²) in [5.41, 5.74) is 0. The minimum absolute atomic E-state index is 0.154. The van der Waals surface area contributed by atoms with Gasteiger partial charge in [-0.1, -0.05) is 129 Å². The fourth-order valence-corrected chi connectivity index (χ4v) is 7.99. The molecule has 0 saturated carbocycles. The quantitative estimate of drug-likeness (QED) is 0.0587. The molecule has 0 aromatic carbocycles. The summed E-state index contributed by atoms with van der Waals surface area (Å²) in [5.74, 6) is 0. The van der Waals surface area contributed by atoms with Crippen molar-refractivity contribution in [3.05, 3.63) is 0 Å². The van der Waals surface area contributed by atoms with Crippen LogP contribution < -0.4 is 0 Å². The molecule has 0 rings (SSSR count). The standard InChI is InChI=1S/C34H70O8S/c1-3-5-7-9-11-13-15-17-19-21-27-41-29-31(37)33(23-25-35)43(39,40)34(24-26-36)32(38)30-42-28-22-20-18-16-14-12-10-8-6-4-2/h31-38H,3-30H2,1-2H3. The first-order chi connectivity index (χ1) is 20.9. The predicted octanol–water partition coefficient (Wildman–Crippen LogP) is 6.50. The van der Waals surface area contributed by atoms with E-state index in [1.807, 2.05) is 0 Å². The normalized spacial score (nSPS) is 15.0. The van der Waals surface area contributed by atoms with Gasteiger partial charge in [-0.2, -0.15) is 0 Å². The van der Waals surface area contributed by atoms with E-state index in [0.29, 0.717) is 13.2 Å². The van der Waals surface area contributed by atoms with Gasteiger partial charge in [0.15, 0.2) is 9.84 Å². The SMILES string of the molecule is CCCCCCCCCCCCOCC(O)C(CCO)S(=O)(=O)C(CCO)C(O)COCCCCCCCCCCCC. The van der Waals surface area contributed by atoms with Crippen LogP contribution in [0.5, 0.6) is 0 Å². The highest BCUT2D eigenvalue weighted by Gasteiger charge is 2.41. The van der Waals surface area contributed by atoms with E-state index in [0.717, 1.165) is 38.5 Å². The molecule has 0 aliphatic rings. The van der Waals surface area contributed by atoms with Gasteiger partial charge in [0.05, 0.1) is 35.9 Å². The van der Waals surface area contributed by atoms with Crippen LogP contribution in [0.15, 0.2) is 0 Å². The first-order valence-electron chi connectivity index (χ1n) is 17.8. The van der Waals surface area contributed by atoms with Crippen molar-refractivity contribution in [3.63, 3.8) is 0 Å². The maximum Gasteiger partial charge on any atom is 0.161 e. The Bertz CT molecular complexity index is 625. The Morgan fingerprint density at radius 3 is 1.05 bits per heavy atom. The summed E-state index contributed by atoms with van der Waals surface area (Å²) in [7, 11) is -4.10. The third kappa shape index (κ3) is 22.8. The van der Waals surface area contributed by atoms with E-state index in [4.69, 9.17) is 9.47 Å². The molecule has 0 aliphatic heterocycles. The molecule has 0 saturated heterocycles. The highest BCUT2D eigenvalue weighted by Crippen LogP contribution is 2.23. The molecule has 43 heavy (non-hydrogen) atoms. The van der Waals surface area contributed by atoms with E-state index in [1.54, 1.807) is 0 Å². The van der Waals surface area contributed by atoms with Crippen LogP contribution >= 0.6 is 0 Å². The number of ether oxygens (including phenoxy) is 2. The largest absolute Gasteiger partial charge is 0.396 e. The molecule has 4 N–H and O–H groups in total. The molecule has 0 spiro atoms. The lowest BCUT2D eigenvalue weighted by Gasteiger charge is -2.30. The fourth-order valence-electron chi connectivity index (χ4n) is 5.64. The molecule has 0 heterocycles. The number of rotatable bonds is 34. The molecule has 0 aromatic heterocycles. The van der Waals surface area contributed by atoms with Crippen molar-refractivity contribution in [3.8, 4) is 0 Å². The maximum atomic E-state index is 13.5. The monoisotopic (exact) mass is 638 g/mol. The summed E-state index contributed by atoms with van der Waals surface area (Å²) < 4.78 is 38.2. The van der Waals surface area contributed by atoms with Crippen molar-refractivity contribution in [1.29, 1.82) is 0 Å². The van der Waals surface area contributed by atoms with Gasteiger partial charge in [0.25, 0.3) is 0 Å². The van der Waals surface area contributed by atoms with E-state index in [1.165, 1.54) is 89.9 Å². The summed E-state index contributed by atoms with van der Waals surface area (Å²) in [4.78, 5) is 0. The summed E-state index contributed by atoms with van der Waals surface area (Å²) in [6, 6.07) is 0. The molecule has 0 fully saturated rings. The van der Waals surface area contributed by atoms with Gasteiger partial charge in [-0.05, 0) is 25.7 Å². The topological polar surface area (TPSA) is 134 Å². The molecule has 0 bridgehead atoms. The summed E-state index contributed by atoms with van der Waals surface area (Å²) in [6.45, 7) is 4.18. The van der Waals surface area contributed by atoms with Crippen molar-refractivity contribution in [2.45, 2.75) is 178 Å². The van der Waals surface area contributed by atoms with E-state index in [9.17, 15) is 28.8 Å². The second kappa shape index (κ2) is 30.4. The lowest BCUT2D eigenvalue weighted by Crippen LogP contribution is -2.48. The number of hydrogen-bond donors (Lipinski definition) is 4. The van der Waals surface area contributed by atoms with Crippen LogP contribution in [-0.4, -0.2) is 91.2 Å². The molecule has 0 aromatic rings. The lowest BCUT2D eigenvalue weighted by molar-refractivity contribution is 0.0235. The Morgan fingerprint density at radius 1 is 0.488 bits per heavy atom. The van der Waals surface area contributed by atoms with E-state index < -0.39 is 45.8 Å². The number of hydrogen-bond acceptors (Lipinski definition) is 8. The zero-order chi connectivity index (χ0) is 32.0. The minimum atomic E-state index is -4.10. The number of aliphatic hydroxyl groups excluding tert-OH is 4. The van der Waals surface area contributed by atoms with Crippen LogP contribution in [0.1, 0.15) is 155 Å². The van der Waals surface area contributed by atoms with E-state index in [-0.39, 0.29) is 26.1 Å². The lowest BCUT2D eigenvalue weighted by atomic mass is 10.1. The average Bonchev–Trinajstić information content (AvgIpc) is 2.99. The van der Waals surface area contributed by atoms with Crippen LogP contribution in [0.25, 0.3) is 0 Å². The number of sulfone groups is 1. The van der Waals surface area contributed by atoms with Crippen molar-refractivity contribution in [1.82, 2.24) is 0 Å². The molecule has 0 aliphatic carbocycles. The molecule has 4 unspecified atom stereocenters. The van der Waals surface area contributed by atoms with Gasteiger partial charge in [0.1, 0.15) is 0 Å². The molecular formula is C34H70O8S. The maximum absolute atomic E-state index is 13.5. The van der Waals surface area contributed by atoms with Gasteiger partial charge in [-0.25, -0.2) is 8.42 Å². The molecule has 260 valence electrons. The van der Waals surface area contributed by atoms with E-state index >= 15 is 0 Å². The van der Waals surface area contributed by atoms with Crippen molar-refractivity contribution >= 4 is 9.84 Å². The van der Waals surface area contributed by atoms with Crippen LogP contribution in [0.4, 0.5) is 0 Å². The predicted molar refractivity (Wildman–Crippen MR) is 177 cm³/mol. The van der Waals surface area contributed by atoms with Crippen LogP contribution in [0.3, 0.4) is 0 Å². The Kier molecular flexibility index (Phi) is 30.2. The molecular weight excluding hydrogens is 568 g/mol. The molecule has 8 nitrogen and oxygen atoms in total. The third-order valence-corrected chi connectivity index (χ3v) is 11.2. The first kappa shape index (κ1) is 42.7. The highest BCUT2D eigenvalue weighted by atomic mass is 32.2. The van der Waals surface area contributed by atoms with Crippen LogP contribution in [0.2, 0.25) is 0 Å². The third-order valence-electron chi connectivity index (χ3n) is 8.39.